The molecule has 1 aliphatic heterocycles. The maximum absolute atomic E-state index is 13.8. The monoisotopic (exact) mass is 340 g/mol. The van der Waals surface area contributed by atoms with Crippen molar-refractivity contribution in [2.75, 3.05) is 6.54 Å². The fourth-order valence-electron chi connectivity index (χ4n) is 2.65. The van der Waals surface area contributed by atoms with Crippen molar-refractivity contribution in [3.05, 3.63) is 11.9 Å². The Labute approximate surface area is 140 Å². The molecule has 0 saturated carbocycles. The maximum Gasteiger partial charge on any atom is 0.318 e. The van der Waals surface area contributed by atoms with E-state index in [2.05, 4.69) is 20.9 Å². The number of likely N-dealkylation sites (tertiary alicyclic amines) is 1. The molecule has 0 spiro atoms. The first-order valence-electron chi connectivity index (χ1n) is 8.18. The molecule has 1 fully saturated rings. The quantitative estimate of drug-likeness (QED) is 0.835. The van der Waals surface area contributed by atoms with Crippen LogP contribution in [0.3, 0.4) is 0 Å². The van der Waals surface area contributed by atoms with Crippen molar-refractivity contribution in [2.24, 2.45) is 0 Å². The van der Waals surface area contributed by atoms with Crippen LogP contribution in [0, 0.1) is 0 Å². The molecule has 2 N–H and O–H groups in total. The Bertz CT molecular complexity index is 588. The van der Waals surface area contributed by atoms with Gasteiger partial charge in [0.15, 0.2) is 5.69 Å². The lowest BCUT2D eigenvalue weighted by Gasteiger charge is -2.25. The summed E-state index contributed by atoms with van der Waals surface area (Å²) < 4.78 is 15.2. The summed E-state index contributed by atoms with van der Waals surface area (Å²) in [5.41, 5.74) is 0.205. The summed E-state index contributed by atoms with van der Waals surface area (Å²) in [5.74, 6) is -0.305. The summed E-state index contributed by atoms with van der Waals surface area (Å²) in [7, 11) is 0. The molecule has 0 unspecified atom stereocenters. The number of hydrogen-bond donors (Lipinski definition) is 2. The Morgan fingerprint density at radius 2 is 1.96 bits per heavy atom. The minimum atomic E-state index is -1.06. The van der Waals surface area contributed by atoms with Crippen LogP contribution in [-0.4, -0.2) is 62.7 Å². The zero-order valence-electron chi connectivity index (χ0n) is 14.5. The summed E-state index contributed by atoms with van der Waals surface area (Å²) in [4.78, 5) is 25.6. The third-order valence-electron chi connectivity index (χ3n) is 3.63. The normalized spacial score (nSPS) is 20.7. The fraction of sp³-hybridized carbons (Fsp3) is 0.733. The average Bonchev–Trinajstić information content (AvgIpc) is 3.04. The second-order valence-electron chi connectivity index (χ2n) is 6.70. The van der Waals surface area contributed by atoms with Gasteiger partial charge in [-0.15, -0.1) is 5.10 Å². The number of nitrogens with one attached hydrogen (secondary N) is 2. The van der Waals surface area contributed by atoms with Crippen molar-refractivity contribution in [3.63, 3.8) is 0 Å². The smallest absolute Gasteiger partial charge is 0.318 e. The molecule has 1 aromatic heterocycles. The van der Waals surface area contributed by atoms with Gasteiger partial charge in [0.25, 0.3) is 5.91 Å². The van der Waals surface area contributed by atoms with Gasteiger partial charge in [-0.2, -0.15) is 0 Å². The van der Waals surface area contributed by atoms with E-state index in [1.165, 1.54) is 15.8 Å². The zero-order chi connectivity index (χ0) is 17.9. The molecule has 2 rings (SSSR count). The van der Waals surface area contributed by atoms with Crippen molar-refractivity contribution >= 4 is 11.9 Å². The fourth-order valence-corrected chi connectivity index (χ4v) is 2.65. The number of rotatable bonds is 5. The molecule has 2 heterocycles. The highest BCUT2D eigenvalue weighted by Crippen LogP contribution is 2.22. The first-order chi connectivity index (χ1) is 11.3. The highest BCUT2D eigenvalue weighted by molar-refractivity contribution is 5.91. The molecule has 0 radical (unpaired) electrons. The number of carbonyl (C=O) groups is 2. The van der Waals surface area contributed by atoms with Crippen molar-refractivity contribution in [1.82, 2.24) is 30.5 Å². The van der Waals surface area contributed by atoms with Crippen molar-refractivity contribution in [3.8, 4) is 0 Å². The van der Waals surface area contributed by atoms with Gasteiger partial charge in [0.05, 0.1) is 25.3 Å². The summed E-state index contributed by atoms with van der Waals surface area (Å²) in [6.45, 7) is 7.79. The molecule has 2 atom stereocenters. The van der Waals surface area contributed by atoms with Crippen molar-refractivity contribution < 1.29 is 14.0 Å². The van der Waals surface area contributed by atoms with Gasteiger partial charge in [0, 0.05) is 18.5 Å². The van der Waals surface area contributed by atoms with Crippen LogP contribution in [0.4, 0.5) is 9.18 Å². The molecule has 1 aromatic rings. The molecule has 0 aromatic carbocycles. The predicted molar refractivity (Wildman–Crippen MR) is 86.3 cm³/mol. The zero-order valence-corrected chi connectivity index (χ0v) is 14.5. The lowest BCUT2D eigenvalue weighted by molar-refractivity contribution is 0.0938. The Hall–Kier alpha value is -2.19. The summed E-state index contributed by atoms with van der Waals surface area (Å²) in [6, 6.07) is -0.621. The second-order valence-corrected chi connectivity index (χ2v) is 6.70. The number of nitrogens with zero attached hydrogens (tertiary/aromatic N) is 4. The van der Waals surface area contributed by atoms with Gasteiger partial charge in [0.1, 0.15) is 6.17 Å². The SMILES string of the molecule is CC(C)NC(=O)c1cn(C[C@@H]2C[C@H](F)CN2C(=O)NC(C)C)nn1. The third kappa shape index (κ3) is 4.65. The predicted octanol–water partition coefficient (Wildman–Crippen LogP) is 0.947. The Morgan fingerprint density at radius 1 is 1.29 bits per heavy atom. The Balaban J connectivity index is 2.02. The van der Waals surface area contributed by atoms with Crippen LogP contribution in [0.15, 0.2) is 6.20 Å². The van der Waals surface area contributed by atoms with Gasteiger partial charge in [-0.3, -0.25) is 4.79 Å². The van der Waals surface area contributed by atoms with E-state index in [0.29, 0.717) is 6.54 Å². The van der Waals surface area contributed by atoms with Crippen LogP contribution in [0.25, 0.3) is 0 Å². The number of halogens is 1. The molecule has 0 aliphatic carbocycles. The molecule has 9 heteroatoms. The highest BCUT2D eigenvalue weighted by atomic mass is 19.1. The van der Waals surface area contributed by atoms with Gasteiger partial charge < -0.3 is 15.5 Å². The Morgan fingerprint density at radius 3 is 2.58 bits per heavy atom. The topological polar surface area (TPSA) is 92.2 Å². The van der Waals surface area contributed by atoms with Gasteiger partial charge in [-0.05, 0) is 27.7 Å². The first kappa shape index (κ1) is 18.2. The molecule has 24 heavy (non-hydrogen) atoms. The van der Waals surface area contributed by atoms with Crippen LogP contribution in [0.1, 0.15) is 44.6 Å². The number of hydrogen-bond acceptors (Lipinski definition) is 4. The molecule has 0 bridgehead atoms. The minimum absolute atomic E-state index is 0.00000107. The van der Waals surface area contributed by atoms with E-state index in [1.54, 1.807) is 0 Å². The van der Waals surface area contributed by atoms with E-state index in [0.717, 1.165) is 0 Å². The number of urea groups is 1. The van der Waals surface area contributed by atoms with E-state index in [1.807, 2.05) is 27.7 Å². The van der Waals surface area contributed by atoms with Crippen LogP contribution >= 0.6 is 0 Å². The van der Waals surface area contributed by atoms with E-state index in [-0.39, 0.29) is 48.7 Å². The standard InChI is InChI=1S/C15H25FN6O2/c1-9(2)17-14(23)13-8-21(20-19-13)7-12-5-11(16)6-22(12)15(24)18-10(3)4/h8-12H,5-7H2,1-4H3,(H,17,23)(H,18,24)/t11-,12-/m0/s1. The van der Waals surface area contributed by atoms with Crippen molar-refractivity contribution in [1.29, 1.82) is 0 Å². The van der Waals surface area contributed by atoms with E-state index < -0.39 is 6.17 Å². The summed E-state index contributed by atoms with van der Waals surface area (Å²) in [6.07, 6.45) is 0.709. The van der Waals surface area contributed by atoms with Gasteiger partial charge >= 0.3 is 6.03 Å². The molecule has 1 saturated heterocycles. The molecular weight excluding hydrogens is 315 g/mol. The first-order valence-corrected chi connectivity index (χ1v) is 8.18. The van der Waals surface area contributed by atoms with E-state index in [4.69, 9.17) is 0 Å². The molecule has 8 nitrogen and oxygen atoms in total. The number of amides is 3. The highest BCUT2D eigenvalue weighted by Gasteiger charge is 2.36. The minimum Gasteiger partial charge on any atom is -0.348 e. The number of carbonyl (C=O) groups excluding carboxylic acids is 2. The van der Waals surface area contributed by atoms with E-state index >= 15 is 0 Å². The second kappa shape index (κ2) is 7.59. The van der Waals surface area contributed by atoms with Crippen LogP contribution < -0.4 is 10.6 Å². The maximum atomic E-state index is 13.8. The lowest BCUT2D eigenvalue weighted by Crippen LogP contribution is -2.46. The van der Waals surface area contributed by atoms with Gasteiger partial charge in [-0.25, -0.2) is 13.9 Å². The van der Waals surface area contributed by atoms with Crippen LogP contribution in [-0.2, 0) is 6.54 Å². The van der Waals surface area contributed by atoms with E-state index in [9.17, 15) is 14.0 Å². The average molecular weight is 340 g/mol. The van der Waals surface area contributed by atoms with Gasteiger partial charge in [0.2, 0.25) is 0 Å². The molecule has 134 valence electrons. The summed E-state index contributed by atoms with van der Waals surface area (Å²) in [5, 5.41) is 13.3. The van der Waals surface area contributed by atoms with Gasteiger partial charge in [-0.1, -0.05) is 5.21 Å². The molecule has 1 aliphatic rings. The number of aromatic nitrogens is 3. The molecule has 3 amide bonds. The largest absolute Gasteiger partial charge is 0.348 e. The third-order valence-corrected chi connectivity index (χ3v) is 3.63. The summed E-state index contributed by atoms with van der Waals surface area (Å²) >= 11 is 0. The van der Waals surface area contributed by atoms with Crippen LogP contribution in [0.5, 0.6) is 0 Å². The number of alkyl halides is 1. The van der Waals surface area contributed by atoms with Crippen molar-refractivity contribution in [2.45, 2.75) is 65.0 Å². The Kier molecular flexibility index (Phi) is 5.74. The molecular formula is C15H25FN6O2. The lowest BCUT2D eigenvalue weighted by atomic mass is 10.2. The van der Waals surface area contributed by atoms with Crippen LogP contribution in [0.2, 0.25) is 0 Å².